The molecule has 0 aliphatic heterocycles. The van der Waals surface area contributed by atoms with Crippen molar-refractivity contribution in [1.82, 2.24) is 0 Å². The Labute approximate surface area is 85.6 Å². The molecule has 0 fully saturated rings. The maximum atomic E-state index is 10.8. The first-order chi connectivity index (χ1) is 6.83. The molecule has 0 atom stereocenters. The van der Waals surface area contributed by atoms with Crippen LogP contribution in [0.4, 0.5) is 0 Å². The Kier molecular flexibility index (Phi) is 5.05. The monoisotopic (exact) mass is 194 g/mol. The maximum absolute atomic E-state index is 10.8. The highest BCUT2D eigenvalue weighted by atomic mass is 16.5. The first-order valence-electron chi connectivity index (χ1n) is 5.33. The fraction of sp³-hybridized carbons (Fsp3) is 0.583. The summed E-state index contributed by atoms with van der Waals surface area (Å²) < 4.78 is 4.98. The standard InChI is InChI=1S/C12H18O2/c1-2-12(13)14-10-6-5-9-11-7-3-4-8-11/h3-4,7H,2,5-6,8-10H2,1H3. The van der Waals surface area contributed by atoms with Crippen LogP contribution in [0.3, 0.4) is 0 Å². The van der Waals surface area contributed by atoms with Crippen LogP contribution >= 0.6 is 0 Å². The van der Waals surface area contributed by atoms with Gasteiger partial charge in [0.2, 0.25) is 0 Å². The van der Waals surface area contributed by atoms with E-state index in [1.54, 1.807) is 0 Å². The van der Waals surface area contributed by atoms with Gasteiger partial charge in [-0.25, -0.2) is 0 Å². The van der Waals surface area contributed by atoms with Crippen molar-refractivity contribution in [3.8, 4) is 0 Å². The van der Waals surface area contributed by atoms with E-state index in [-0.39, 0.29) is 5.97 Å². The first-order valence-corrected chi connectivity index (χ1v) is 5.33. The minimum absolute atomic E-state index is 0.0910. The number of hydrogen-bond acceptors (Lipinski definition) is 2. The summed E-state index contributed by atoms with van der Waals surface area (Å²) >= 11 is 0. The second-order valence-electron chi connectivity index (χ2n) is 3.49. The van der Waals surface area contributed by atoms with Gasteiger partial charge in [0.25, 0.3) is 0 Å². The molecule has 0 saturated heterocycles. The van der Waals surface area contributed by atoms with Gasteiger partial charge < -0.3 is 4.74 Å². The largest absolute Gasteiger partial charge is 0.466 e. The van der Waals surface area contributed by atoms with Crippen molar-refractivity contribution in [1.29, 1.82) is 0 Å². The number of hydrogen-bond donors (Lipinski definition) is 0. The molecule has 78 valence electrons. The quantitative estimate of drug-likeness (QED) is 0.480. The Hall–Kier alpha value is -1.05. The third-order valence-corrected chi connectivity index (χ3v) is 2.29. The van der Waals surface area contributed by atoms with E-state index >= 15 is 0 Å². The second kappa shape index (κ2) is 6.41. The highest BCUT2D eigenvalue weighted by Crippen LogP contribution is 2.16. The summed E-state index contributed by atoms with van der Waals surface area (Å²) in [6, 6.07) is 0. The van der Waals surface area contributed by atoms with Crippen LogP contribution in [0.25, 0.3) is 0 Å². The lowest BCUT2D eigenvalue weighted by molar-refractivity contribution is -0.143. The van der Waals surface area contributed by atoms with Crippen molar-refractivity contribution < 1.29 is 9.53 Å². The maximum Gasteiger partial charge on any atom is 0.305 e. The van der Waals surface area contributed by atoms with Gasteiger partial charge in [-0.15, -0.1) is 0 Å². The van der Waals surface area contributed by atoms with Crippen molar-refractivity contribution in [2.45, 2.75) is 39.0 Å². The third kappa shape index (κ3) is 4.26. The molecule has 0 radical (unpaired) electrons. The van der Waals surface area contributed by atoms with E-state index in [2.05, 4.69) is 18.2 Å². The Morgan fingerprint density at radius 1 is 1.50 bits per heavy atom. The molecule has 0 amide bonds. The summed E-state index contributed by atoms with van der Waals surface area (Å²) in [7, 11) is 0. The minimum Gasteiger partial charge on any atom is -0.466 e. The summed E-state index contributed by atoms with van der Waals surface area (Å²) in [6.07, 6.45) is 11.3. The lowest BCUT2D eigenvalue weighted by Gasteiger charge is -2.03. The zero-order valence-corrected chi connectivity index (χ0v) is 8.79. The number of unbranched alkanes of at least 4 members (excludes halogenated alkanes) is 1. The molecule has 1 aliphatic rings. The normalized spacial score (nSPS) is 14.2. The lowest BCUT2D eigenvalue weighted by atomic mass is 10.1. The molecule has 0 bridgehead atoms. The molecule has 0 aromatic carbocycles. The number of rotatable bonds is 6. The van der Waals surface area contributed by atoms with Crippen LogP contribution < -0.4 is 0 Å². The Morgan fingerprint density at radius 3 is 3.00 bits per heavy atom. The van der Waals surface area contributed by atoms with E-state index in [1.165, 1.54) is 5.57 Å². The highest BCUT2D eigenvalue weighted by molar-refractivity contribution is 5.68. The average molecular weight is 194 g/mol. The van der Waals surface area contributed by atoms with E-state index in [0.717, 1.165) is 25.7 Å². The Bertz CT molecular complexity index is 239. The van der Waals surface area contributed by atoms with Crippen molar-refractivity contribution in [3.05, 3.63) is 23.8 Å². The lowest BCUT2D eigenvalue weighted by Crippen LogP contribution is -2.03. The van der Waals surface area contributed by atoms with E-state index < -0.39 is 0 Å². The molecular formula is C12H18O2. The summed E-state index contributed by atoms with van der Waals surface area (Å²) in [5.74, 6) is -0.0910. The van der Waals surface area contributed by atoms with E-state index in [4.69, 9.17) is 4.74 Å². The van der Waals surface area contributed by atoms with Gasteiger partial charge in [0.05, 0.1) is 6.61 Å². The molecule has 0 aromatic heterocycles. The summed E-state index contributed by atoms with van der Waals surface area (Å²) in [6.45, 7) is 2.39. The topological polar surface area (TPSA) is 26.3 Å². The number of esters is 1. The van der Waals surface area contributed by atoms with Crippen molar-refractivity contribution in [2.24, 2.45) is 0 Å². The summed E-state index contributed by atoms with van der Waals surface area (Å²) in [4.78, 5) is 10.8. The molecule has 0 aromatic rings. The molecule has 14 heavy (non-hydrogen) atoms. The molecule has 0 spiro atoms. The van der Waals surface area contributed by atoms with E-state index in [0.29, 0.717) is 13.0 Å². The second-order valence-corrected chi connectivity index (χ2v) is 3.49. The van der Waals surface area contributed by atoms with Gasteiger partial charge in [0.15, 0.2) is 0 Å². The molecule has 0 unspecified atom stereocenters. The van der Waals surface area contributed by atoms with Crippen LogP contribution in [0.5, 0.6) is 0 Å². The van der Waals surface area contributed by atoms with Crippen LogP contribution in [-0.4, -0.2) is 12.6 Å². The molecular weight excluding hydrogens is 176 g/mol. The highest BCUT2D eigenvalue weighted by Gasteiger charge is 2.00. The Morgan fingerprint density at radius 2 is 2.36 bits per heavy atom. The zero-order chi connectivity index (χ0) is 10.2. The van der Waals surface area contributed by atoms with Crippen LogP contribution in [0.15, 0.2) is 23.8 Å². The van der Waals surface area contributed by atoms with Gasteiger partial charge >= 0.3 is 5.97 Å². The average Bonchev–Trinajstić information content (AvgIpc) is 2.69. The molecule has 1 rings (SSSR count). The van der Waals surface area contributed by atoms with Crippen LogP contribution in [0, 0.1) is 0 Å². The molecule has 0 N–H and O–H groups in total. The van der Waals surface area contributed by atoms with Crippen LogP contribution in [-0.2, 0) is 9.53 Å². The van der Waals surface area contributed by atoms with Crippen LogP contribution in [0.2, 0.25) is 0 Å². The van der Waals surface area contributed by atoms with E-state index in [9.17, 15) is 4.79 Å². The van der Waals surface area contributed by atoms with Gasteiger partial charge in [0, 0.05) is 6.42 Å². The molecule has 0 saturated carbocycles. The SMILES string of the molecule is CCC(=O)OCCCCC1=CC=CC1. The number of ether oxygens (including phenoxy) is 1. The van der Waals surface area contributed by atoms with E-state index in [1.807, 2.05) is 6.92 Å². The van der Waals surface area contributed by atoms with Gasteiger partial charge in [-0.05, 0) is 25.7 Å². The molecule has 2 nitrogen and oxygen atoms in total. The molecule has 1 aliphatic carbocycles. The number of carbonyl (C=O) groups is 1. The number of carbonyl (C=O) groups excluding carboxylic acids is 1. The van der Waals surface area contributed by atoms with Crippen molar-refractivity contribution >= 4 is 5.97 Å². The van der Waals surface area contributed by atoms with Gasteiger partial charge in [-0.3, -0.25) is 4.79 Å². The third-order valence-electron chi connectivity index (χ3n) is 2.29. The van der Waals surface area contributed by atoms with Gasteiger partial charge in [-0.1, -0.05) is 30.7 Å². The molecule has 0 heterocycles. The smallest absolute Gasteiger partial charge is 0.305 e. The fourth-order valence-electron chi connectivity index (χ4n) is 1.42. The predicted molar refractivity (Wildman–Crippen MR) is 56.9 cm³/mol. The summed E-state index contributed by atoms with van der Waals surface area (Å²) in [5.41, 5.74) is 1.49. The predicted octanol–water partition coefficient (Wildman–Crippen LogP) is 3.00. The number of allylic oxidation sites excluding steroid dienone is 4. The van der Waals surface area contributed by atoms with Crippen LogP contribution in [0.1, 0.15) is 39.0 Å². The van der Waals surface area contributed by atoms with Crippen molar-refractivity contribution in [3.63, 3.8) is 0 Å². The zero-order valence-electron chi connectivity index (χ0n) is 8.79. The van der Waals surface area contributed by atoms with Gasteiger partial charge in [0.1, 0.15) is 0 Å². The molecule has 2 heteroatoms. The fourth-order valence-corrected chi connectivity index (χ4v) is 1.42. The minimum atomic E-state index is -0.0910. The van der Waals surface area contributed by atoms with Crippen molar-refractivity contribution in [2.75, 3.05) is 6.61 Å². The first kappa shape index (κ1) is 11.0. The summed E-state index contributed by atoms with van der Waals surface area (Å²) in [5, 5.41) is 0. The Balaban J connectivity index is 1.92. The van der Waals surface area contributed by atoms with Gasteiger partial charge in [-0.2, -0.15) is 0 Å².